The second-order valence-corrected chi connectivity index (χ2v) is 3.55. The highest BCUT2D eigenvalue weighted by molar-refractivity contribution is 5.93. The van der Waals surface area contributed by atoms with Crippen molar-refractivity contribution >= 4 is 11.8 Å². The van der Waals surface area contributed by atoms with Gasteiger partial charge in [-0.15, -0.1) is 0 Å². The van der Waals surface area contributed by atoms with Crippen molar-refractivity contribution in [2.45, 2.75) is 19.3 Å². The van der Waals surface area contributed by atoms with Crippen LogP contribution in [0.3, 0.4) is 0 Å². The fourth-order valence-electron chi connectivity index (χ4n) is 1.24. The minimum Gasteiger partial charge on any atom is -0.370 e. The first-order chi connectivity index (χ1) is 8.09. The third-order valence-corrected chi connectivity index (χ3v) is 2.13. The second kappa shape index (κ2) is 6.57. The minimum absolute atomic E-state index is 0.307. The van der Waals surface area contributed by atoms with Gasteiger partial charge in [0.2, 0.25) is 11.9 Å². The number of hydrogen-bond acceptors (Lipinski definition) is 3. The third-order valence-electron chi connectivity index (χ3n) is 2.13. The number of carbonyl (C=O) groups excluding carboxylic acids is 2. The summed E-state index contributed by atoms with van der Waals surface area (Å²) >= 11 is 0. The molecule has 1 rings (SSSR count). The molecule has 92 valence electrons. The first-order valence-electron chi connectivity index (χ1n) is 5.27. The van der Waals surface area contributed by atoms with Gasteiger partial charge in [-0.3, -0.25) is 9.59 Å². The van der Waals surface area contributed by atoms with Crippen LogP contribution in [0.2, 0.25) is 0 Å². The van der Waals surface area contributed by atoms with E-state index in [0.29, 0.717) is 31.4 Å². The molecule has 0 aliphatic carbocycles. The molecule has 0 saturated heterocycles. The number of aromatic nitrogens is 1. The van der Waals surface area contributed by atoms with Crippen LogP contribution in [0.5, 0.6) is 0 Å². The van der Waals surface area contributed by atoms with Gasteiger partial charge in [0.15, 0.2) is 0 Å². The van der Waals surface area contributed by atoms with Crippen LogP contribution in [0.1, 0.15) is 29.6 Å². The zero-order valence-electron chi connectivity index (χ0n) is 9.28. The Kier molecular flexibility index (Phi) is 5.06. The maximum atomic E-state index is 12.5. The van der Waals surface area contributed by atoms with Crippen molar-refractivity contribution < 1.29 is 14.0 Å². The second-order valence-electron chi connectivity index (χ2n) is 3.55. The topological polar surface area (TPSA) is 85.1 Å². The van der Waals surface area contributed by atoms with Gasteiger partial charge in [0, 0.05) is 19.2 Å². The number of unbranched alkanes of at least 4 members (excludes halogenated alkanes) is 1. The van der Waals surface area contributed by atoms with Gasteiger partial charge in [-0.05, 0) is 25.0 Å². The number of pyridine rings is 1. The lowest BCUT2D eigenvalue weighted by atomic mass is 10.2. The standard InChI is InChI=1S/C11H14FN3O2/c12-9-5-4-8(7-15-9)11(17)14-6-2-1-3-10(13)16/h4-5,7H,1-3,6H2,(H2,13,16)(H,14,17). The Balaban J connectivity index is 2.25. The van der Waals surface area contributed by atoms with Crippen LogP contribution in [-0.4, -0.2) is 23.3 Å². The van der Waals surface area contributed by atoms with Gasteiger partial charge in [-0.2, -0.15) is 4.39 Å². The Morgan fingerprint density at radius 1 is 1.35 bits per heavy atom. The van der Waals surface area contributed by atoms with Crippen molar-refractivity contribution in [1.29, 1.82) is 0 Å². The van der Waals surface area contributed by atoms with Gasteiger partial charge in [-0.25, -0.2) is 4.98 Å². The van der Waals surface area contributed by atoms with Crippen molar-refractivity contribution in [2.24, 2.45) is 5.73 Å². The Bertz CT molecular complexity index is 392. The number of halogens is 1. The smallest absolute Gasteiger partial charge is 0.252 e. The Morgan fingerprint density at radius 3 is 2.71 bits per heavy atom. The minimum atomic E-state index is -0.622. The molecule has 0 fully saturated rings. The van der Waals surface area contributed by atoms with E-state index >= 15 is 0 Å². The van der Waals surface area contributed by atoms with Gasteiger partial charge in [0.25, 0.3) is 5.91 Å². The van der Waals surface area contributed by atoms with E-state index in [2.05, 4.69) is 10.3 Å². The van der Waals surface area contributed by atoms with Crippen LogP contribution in [-0.2, 0) is 4.79 Å². The molecular weight excluding hydrogens is 225 g/mol. The zero-order chi connectivity index (χ0) is 12.7. The lowest BCUT2D eigenvalue weighted by Gasteiger charge is -2.04. The molecule has 0 aliphatic heterocycles. The van der Waals surface area contributed by atoms with E-state index in [1.54, 1.807) is 0 Å². The molecule has 1 heterocycles. The monoisotopic (exact) mass is 239 g/mol. The van der Waals surface area contributed by atoms with E-state index in [1.807, 2.05) is 0 Å². The van der Waals surface area contributed by atoms with E-state index in [1.165, 1.54) is 12.3 Å². The number of hydrogen-bond donors (Lipinski definition) is 2. The average molecular weight is 239 g/mol. The molecule has 1 aromatic heterocycles. The van der Waals surface area contributed by atoms with Gasteiger partial charge in [0.05, 0.1) is 5.56 Å². The summed E-state index contributed by atoms with van der Waals surface area (Å²) in [4.78, 5) is 25.3. The SMILES string of the molecule is NC(=O)CCCCNC(=O)c1ccc(F)nc1. The van der Waals surface area contributed by atoms with Gasteiger partial charge in [0.1, 0.15) is 0 Å². The zero-order valence-corrected chi connectivity index (χ0v) is 9.28. The number of nitrogens with two attached hydrogens (primary N) is 1. The molecule has 0 unspecified atom stereocenters. The first kappa shape index (κ1) is 13.1. The van der Waals surface area contributed by atoms with E-state index in [0.717, 1.165) is 6.07 Å². The predicted molar refractivity (Wildman–Crippen MR) is 59.6 cm³/mol. The van der Waals surface area contributed by atoms with Crippen molar-refractivity contribution in [3.05, 3.63) is 29.8 Å². The molecule has 0 spiro atoms. The summed E-state index contributed by atoms with van der Waals surface area (Å²) in [6.07, 6.45) is 2.79. The maximum Gasteiger partial charge on any atom is 0.252 e. The fraction of sp³-hybridized carbons (Fsp3) is 0.364. The lowest BCUT2D eigenvalue weighted by molar-refractivity contribution is -0.118. The average Bonchev–Trinajstić information content (AvgIpc) is 2.29. The number of carbonyl (C=O) groups is 2. The number of nitrogens with zero attached hydrogens (tertiary/aromatic N) is 1. The highest BCUT2D eigenvalue weighted by Gasteiger charge is 2.05. The Morgan fingerprint density at radius 2 is 2.12 bits per heavy atom. The van der Waals surface area contributed by atoms with E-state index in [4.69, 9.17) is 5.73 Å². The van der Waals surface area contributed by atoms with E-state index in [9.17, 15) is 14.0 Å². The quantitative estimate of drug-likeness (QED) is 0.563. The van der Waals surface area contributed by atoms with E-state index < -0.39 is 5.95 Å². The number of primary amides is 1. The van der Waals surface area contributed by atoms with Crippen LogP contribution in [0.25, 0.3) is 0 Å². The highest BCUT2D eigenvalue weighted by Crippen LogP contribution is 1.99. The Labute approximate surface area is 98.2 Å². The molecule has 0 saturated carbocycles. The predicted octanol–water partition coefficient (Wildman–Crippen LogP) is 0.606. The van der Waals surface area contributed by atoms with Gasteiger partial charge >= 0.3 is 0 Å². The molecular formula is C11H14FN3O2. The van der Waals surface area contributed by atoms with Crippen molar-refractivity contribution in [3.8, 4) is 0 Å². The summed E-state index contributed by atoms with van der Waals surface area (Å²) in [6, 6.07) is 2.49. The number of amides is 2. The Hall–Kier alpha value is -1.98. The summed E-state index contributed by atoms with van der Waals surface area (Å²) in [5, 5.41) is 2.64. The lowest BCUT2D eigenvalue weighted by Crippen LogP contribution is -2.24. The summed E-state index contributed by atoms with van der Waals surface area (Å²) in [5.74, 6) is -1.28. The van der Waals surface area contributed by atoms with Crippen LogP contribution in [0, 0.1) is 5.95 Å². The molecule has 0 bridgehead atoms. The van der Waals surface area contributed by atoms with Crippen LogP contribution in [0.4, 0.5) is 4.39 Å². The molecule has 0 atom stereocenters. The van der Waals surface area contributed by atoms with Crippen molar-refractivity contribution in [3.63, 3.8) is 0 Å². The summed E-state index contributed by atoms with van der Waals surface area (Å²) < 4.78 is 12.5. The summed E-state index contributed by atoms with van der Waals surface area (Å²) in [5.41, 5.74) is 5.28. The molecule has 3 N–H and O–H groups in total. The normalized spacial score (nSPS) is 9.94. The van der Waals surface area contributed by atoms with Crippen molar-refractivity contribution in [2.75, 3.05) is 6.54 Å². The molecule has 0 aliphatic rings. The van der Waals surface area contributed by atoms with Crippen LogP contribution >= 0.6 is 0 Å². The molecule has 1 aromatic rings. The van der Waals surface area contributed by atoms with Crippen LogP contribution in [0.15, 0.2) is 18.3 Å². The van der Waals surface area contributed by atoms with Gasteiger partial charge < -0.3 is 11.1 Å². The van der Waals surface area contributed by atoms with Crippen molar-refractivity contribution in [1.82, 2.24) is 10.3 Å². The fourth-order valence-corrected chi connectivity index (χ4v) is 1.24. The van der Waals surface area contributed by atoms with E-state index in [-0.39, 0.29) is 11.8 Å². The molecule has 2 amide bonds. The molecule has 0 radical (unpaired) electrons. The molecule has 17 heavy (non-hydrogen) atoms. The molecule has 0 aromatic carbocycles. The summed E-state index contributed by atoms with van der Waals surface area (Å²) in [6.45, 7) is 0.448. The number of nitrogens with one attached hydrogen (secondary N) is 1. The van der Waals surface area contributed by atoms with Gasteiger partial charge in [-0.1, -0.05) is 0 Å². The highest BCUT2D eigenvalue weighted by atomic mass is 19.1. The summed E-state index contributed by atoms with van der Waals surface area (Å²) in [7, 11) is 0. The first-order valence-corrected chi connectivity index (χ1v) is 5.27. The largest absolute Gasteiger partial charge is 0.370 e. The maximum absolute atomic E-state index is 12.5. The number of rotatable bonds is 6. The van der Waals surface area contributed by atoms with Crippen LogP contribution < -0.4 is 11.1 Å². The molecule has 6 heteroatoms. The molecule has 5 nitrogen and oxygen atoms in total. The third kappa shape index (κ3) is 5.05.